The van der Waals surface area contributed by atoms with E-state index in [1.54, 1.807) is 28.9 Å². The molecule has 7 nitrogen and oxygen atoms in total. The van der Waals surface area contributed by atoms with E-state index in [9.17, 15) is 18.0 Å². The van der Waals surface area contributed by atoms with E-state index in [0.29, 0.717) is 45.5 Å². The molecule has 2 aliphatic carbocycles. The lowest BCUT2D eigenvalue weighted by Crippen LogP contribution is -2.35. The molecule has 0 atom stereocenters. The van der Waals surface area contributed by atoms with Gasteiger partial charge in [0.25, 0.3) is 5.91 Å². The summed E-state index contributed by atoms with van der Waals surface area (Å²) in [5, 5.41) is 1.60. The number of carbonyl (C=O) groups is 2. The monoisotopic (exact) mass is 579 g/mol. The van der Waals surface area contributed by atoms with Gasteiger partial charge in [-0.15, -0.1) is 0 Å². The lowest BCUT2D eigenvalue weighted by molar-refractivity contribution is -0.113. The van der Waals surface area contributed by atoms with Crippen molar-refractivity contribution in [3.05, 3.63) is 93.3 Å². The molecule has 0 unspecified atom stereocenters. The predicted octanol–water partition coefficient (Wildman–Crippen LogP) is 5.99. The number of allylic oxidation sites excluding steroid dienone is 4. The molecule has 6 rings (SSSR count). The van der Waals surface area contributed by atoms with E-state index in [-0.39, 0.29) is 29.6 Å². The predicted molar refractivity (Wildman–Crippen MR) is 154 cm³/mol. The molecule has 0 spiro atoms. The van der Waals surface area contributed by atoms with Crippen molar-refractivity contribution in [1.82, 2.24) is 14.3 Å². The number of nitrogens with zero attached hydrogens (tertiary/aromatic N) is 2. The summed E-state index contributed by atoms with van der Waals surface area (Å²) in [5.41, 5.74) is 3.42. The van der Waals surface area contributed by atoms with Crippen LogP contribution in [0, 0.1) is 6.92 Å². The summed E-state index contributed by atoms with van der Waals surface area (Å²) >= 11 is 13.1. The highest BCUT2D eigenvalue weighted by molar-refractivity contribution is 7.91. The molecule has 39 heavy (non-hydrogen) atoms. The molecule has 2 aliphatic rings. The van der Waals surface area contributed by atoms with Gasteiger partial charge in [0.1, 0.15) is 10.8 Å². The van der Waals surface area contributed by atoms with E-state index in [2.05, 4.69) is 9.71 Å². The van der Waals surface area contributed by atoms with Gasteiger partial charge in [0, 0.05) is 38.9 Å². The molecule has 1 saturated carbocycles. The molecule has 4 aromatic rings. The number of hydrogen-bond donors (Lipinski definition) is 1. The third-order valence-corrected chi connectivity index (χ3v) is 9.66. The average molecular weight is 580 g/mol. The minimum atomic E-state index is -3.87. The molecule has 0 bridgehead atoms. The standard InChI is InChI=1S/C29H23Cl2N3O4S/c1-16-12-21-24(14-22(16)30)34(15-18-13-17-6-2-4-8-23(17)32-28(18)31)27(26(21)20-7-3-5-9-25(20)35)29(36)33-39(37,38)19-10-11-19/h2-8,12-14,19H,9-11,15H2,1H3,(H,33,36). The number of hydrogen-bond acceptors (Lipinski definition) is 5. The summed E-state index contributed by atoms with van der Waals surface area (Å²) in [6, 6.07) is 13.0. The molecule has 1 N–H and O–H groups in total. The van der Waals surface area contributed by atoms with Crippen molar-refractivity contribution in [2.45, 2.75) is 38.0 Å². The number of amides is 1. The van der Waals surface area contributed by atoms with Crippen LogP contribution in [0.4, 0.5) is 0 Å². The maximum Gasteiger partial charge on any atom is 0.282 e. The Bertz CT molecular complexity index is 1890. The molecule has 2 aromatic heterocycles. The molecule has 1 fully saturated rings. The molecule has 0 saturated heterocycles. The zero-order valence-corrected chi connectivity index (χ0v) is 23.2. The summed E-state index contributed by atoms with van der Waals surface area (Å²) in [4.78, 5) is 31.5. The van der Waals surface area contributed by atoms with Gasteiger partial charge in [0.05, 0.1) is 22.8 Å². The number of carbonyl (C=O) groups excluding carboxylic acids is 2. The lowest BCUT2D eigenvalue weighted by Gasteiger charge is -2.15. The number of pyridine rings is 1. The molecular formula is C29H23Cl2N3O4S. The SMILES string of the molecule is Cc1cc2c(C3=CC=CCC3=O)c(C(=O)NS(=O)(=O)C3CC3)n(Cc3cc4ccccc4nc3Cl)c2cc1Cl. The van der Waals surface area contributed by atoms with Crippen LogP contribution < -0.4 is 4.72 Å². The maximum atomic E-state index is 13.9. The number of para-hydroxylation sites is 1. The first-order valence-electron chi connectivity index (χ1n) is 12.5. The Morgan fingerprint density at radius 3 is 2.67 bits per heavy atom. The van der Waals surface area contributed by atoms with Crippen molar-refractivity contribution in [3.63, 3.8) is 0 Å². The molecule has 198 valence electrons. The Balaban J connectivity index is 1.63. The van der Waals surface area contributed by atoms with Crippen LogP contribution in [0.1, 0.15) is 46.4 Å². The topological polar surface area (TPSA) is 98.1 Å². The third kappa shape index (κ3) is 4.67. The summed E-state index contributed by atoms with van der Waals surface area (Å²) in [6.07, 6.45) is 6.33. The molecule has 10 heteroatoms. The normalized spacial score (nSPS) is 15.7. The quantitative estimate of drug-likeness (QED) is 0.283. The number of ketones is 1. The highest BCUT2D eigenvalue weighted by Gasteiger charge is 2.38. The van der Waals surface area contributed by atoms with Crippen molar-refractivity contribution in [2.24, 2.45) is 0 Å². The van der Waals surface area contributed by atoms with Crippen molar-refractivity contribution >= 4 is 72.3 Å². The van der Waals surface area contributed by atoms with Gasteiger partial charge in [0.15, 0.2) is 5.78 Å². The van der Waals surface area contributed by atoms with E-state index >= 15 is 0 Å². The van der Waals surface area contributed by atoms with Gasteiger partial charge in [-0.05, 0) is 49.6 Å². The van der Waals surface area contributed by atoms with E-state index in [4.69, 9.17) is 23.2 Å². The van der Waals surface area contributed by atoms with Crippen LogP contribution in [0.15, 0.2) is 60.7 Å². The van der Waals surface area contributed by atoms with Crippen LogP contribution in [0.2, 0.25) is 10.2 Å². The van der Waals surface area contributed by atoms with Crippen molar-refractivity contribution in [1.29, 1.82) is 0 Å². The fourth-order valence-corrected chi connectivity index (χ4v) is 6.61. The summed E-state index contributed by atoms with van der Waals surface area (Å²) < 4.78 is 29.6. The Hall–Kier alpha value is -3.46. The summed E-state index contributed by atoms with van der Waals surface area (Å²) in [5.74, 6) is -0.983. The van der Waals surface area contributed by atoms with Crippen molar-refractivity contribution in [2.75, 3.05) is 0 Å². The number of rotatable bonds is 6. The Morgan fingerprint density at radius 2 is 1.92 bits per heavy atom. The zero-order valence-electron chi connectivity index (χ0n) is 20.9. The lowest BCUT2D eigenvalue weighted by atomic mass is 9.93. The second kappa shape index (κ2) is 9.62. The smallest absolute Gasteiger partial charge is 0.282 e. The maximum absolute atomic E-state index is 13.9. The average Bonchev–Trinajstić information content (AvgIpc) is 3.71. The highest BCUT2D eigenvalue weighted by Crippen LogP contribution is 2.38. The van der Waals surface area contributed by atoms with Gasteiger partial charge in [-0.1, -0.05) is 59.6 Å². The van der Waals surface area contributed by atoms with Crippen LogP contribution in [-0.2, 0) is 21.4 Å². The van der Waals surface area contributed by atoms with E-state index in [1.165, 1.54) is 0 Å². The van der Waals surface area contributed by atoms with E-state index < -0.39 is 21.2 Å². The van der Waals surface area contributed by atoms with Crippen LogP contribution in [0.25, 0.3) is 27.4 Å². The van der Waals surface area contributed by atoms with Crippen molar-refractivity contribution in [3.8, 4) is 0 Å². The molecular weight excluding hydrogens is 557 g/mol. The number of fused-ring (bicyclic) bond motifs is 2. The minimum Gasteiger partial charge on any atom is -0.331 e. The van der Waals surface area contributed by atoms with Gasteiger partial charge >= 0.3 is 0 Å². The van der Waals surface area contributed by atoms with Gasteiger partial charge in [-0.25, -0.2) is 18.1 Å². The molecule has 2 heterocycles. The number of aromatic nitrogens is 2. The summed E-state index contributed by atoms with van der Waals surface area (Å²) in [7, 11) is -3.87. The molecule has 0 aliphatic heterocycles. The number of nitrogens with one attached hydrogen (secondary N) is 1. The largest absolute Gasteiger partial charge is 0.331 e. The zero-order chi connectivity index (χ0) is 27.5. The van der Waals surface area contributed by atoms with Crippen LogP contribution in [0.3, 0.4) is 0 Å². The summed E-state index contributed by atoms with van der Waals surface area (Å²) in [6.45, 7) is 1.93. The van der Waals surface area contributed by atoms with E-state index in [1.807, 2.05) is 43.3 Å². The van der Waals surface area contributed by atoms with E-state index in [0.717, 1.165) is 16.5 Å². The molecule has 1 amide bonds. The molecule has 0 radical (unpaired) electrons. The van der Waals surface area contributed by atoms with Crippen LogP contribution >= 0.6 is 23.2 Å². The number of aryl methyl sites for hydroxylation is 1. The fourth-order valence-electron chi connectivity index (χ4n) is 4.97. The second-order valence-corrected chi connectivity index (χ2v) is 12.6. The fraction of sp³-hybridized carbons (Fsp3) is 0.207. The first-order chi connectivity index (χ1) is 18.6. The van der Waals surface area contributed by atoms with Gasteiger partial charge < -0.3 is 4.57 Å². The first kappa shape index (κ1) is 25.8. The second-order valence-electron chi connectivity index (χ2n) is 9.87. The Labute approximate surface area is 235 Å². The number of halogens is 2. The third-order valence-electron chi connectivity index (χ3n) is 7.11. The number of benzene rings is 2. The molecule has 2 aromatic carbocycles. The first-order valence-corrected chi connectivity index (χ1v) is 14.8. The Kier molecular flexibility index (Phi) is 6.37. The van der Waals surface area contributed by atoms with Gasteiger partial charge in [-0.2, -0.15) is 0 Å². The highest BCUT2D eigenvalue weighted by atomic mass is 35.5. The van der Waals surface area contributed by atoms with Crippen molar-refractivity contribution < 1.29 is 18.0 Å². The minimum absolute atomic E-state index is 0.0509. The van der Waals surface area contributed by atoms with Crippen LogP contribution in [-0.4, -0.2) is 34.9 Å². The van der Waals surface area contributed by atoms with Gasteiger partial charge in [-0.3, -0.25) is 9.59 Å². The number of Topliss-reactive ketones (excluding diaryl/α,β-unsaturated/α-hetero) is 1. The number of sulfonamides is 1. The Morgan fingerprint density at radius 1 is 1.15 bits per heavy atom. The van der Waals surface area contributed by atoms with Gasteiger partial charge in [0.2, 0.25) is 10.0 Å². The van der Waals surface area contributed by atoms with Crippen LogP contribution in [0.5, 0.6) is 0 Å².